The van der Waals surface area contributed by atoms with Crippen molar-refractivity contribution in [2.45, 2.75) is 27.3 Å². The maximum atomic E-state index is 12.1. The van der Waals surface area contributed by atoms with E-state index in [-0.39, 0.29) is 17.2 Å². The first-order valence-corrected chi connectivity index (χ1v) is 9.30. The molecular weight excluding hydrogens is 384 g/mol. The Morgan fingerprint density at radius 3 is 2.43 bits per heavy atom. The Kier molecular flexibility index (Phi) is 5.91. The highest BCUT2D eigenvalue weighted by Gasteiger charge is 2.19. The average Bonchev–Trinajstić information content (AvgIpc) is 3.06. The Morgan fingerprint density at radius 1 is 1.13 bits per heavy atom. The van der Waals surface area contributed by atoms with Crippen molar-refractivity contribution in [3.8, 4) is 5.75 Å². The van der Waals surface area contributed by atoms with Crippen LogP contribution in [0.25, 0.3) is 0 Å². The summed E-state index contributed by atoms with van der Waals surface area (Å²) in [4.78, 5) is 23.3. The van der Waals surface area contributed by atoms with Crippen LogP contribution in [0.3, 0.4) is 0 Å². The highest BCUT2D eigenvalue weighted by molar-refractivity contribution is 6.03. The number of nitrogens with two attached hydrogens (primary N) is 1. The maximum absolute atomic E-state index is 12.1. The van der Waals surface area contributed by atoms with Gasteiger partial charge in [-0.2, -0.15) is 5.10 Å². The lowest BCUT2D eigenvalue weighted by atomic mass is 10.1. The first kappa shape index (κ1) is 20.7. The van der Waals surface area contributed by atoms with Crippen molar-refractivity contribution < 1.29 is 14.7 Å². The summed E-state index contributed by atoms with van der Waals surface area (Å²) in [6, 6.07) is 10.7. The number of hydrogen-bond acceptors (Lipinski definition) is 6. The number of aryl methyl sites for hydroxylation is 2. The van der Waals surface area contributed by atoms with Crippen molar-refractivity contribution in [1.82, 2.24) is 10.2 Å². The van der Waals surface area contributed by atoms with Crippen LogP contribution in [0.15, 0.2) is 36.4 Å². The lowest BCUT2D eigenvalue weighted by Gasteiger charge is -2.10. The smallest absolute Gasteiger partial charge is 0.256 e. The number of phenolic OH excluding ortho intramolecular Hbond substituents is 1. The highest BCUT2D eigenvalue weighted by Crippen LogP contribution is 2.27. The van der Waals surface area contributed by atoms with E-state index in [1.54, 1.807) is 24.3 Å². The summed E-state index contributed by atoms with van der Waals surface area (Å²) in [6.45, 7) is 5.47. The molecule has 30 heavy (non-hydrogen) atoms. The number of hydrogen-bond donors (Lipinski definition) is 6. The molecule has 9 nitrogen and oxygen atoms in total. The van der Waals surface area contributed by atoms with E-state index < -0.39 is 5.91 Å². The van der Waals surface area contributed by atoms with E-state index in [1.807, 2.05) is 26.0 Å². The number of primary amides is 1. The van der Waals surface area contributed by atoms with Gasteiger partial charge < -0.3 is 26.8 Å². The molecule has 1 aromatic heterocycles. The predicted molar refractivity (Wildman–Crippen MR) is 116 cm³/mol. The van der Waals surface area contributed by atoms with Gasteiger partial charge in [-0.3, -0.25) is 14.7 Å². The summed E-state index contributed by atoms with van der Waals surface area (Å²) >= 11 is 0. The van der Waals surface area contributed by atoms with E-state index in [4.69, 9.17) is 5.73 Å². The largest absolute Gasteiger partial charge is 0.507 e. The Balaban J connectivity index is 1.80. The second kappa shape index (κ2) is 8.56. The van der Waals surface area contributed by atoms with Gasteiger partial charge in [-0.25, -0.2) is 0 Å². The summed E-state index contributed by atoms with van der Waals surface area (Å²) in [7, 11) is 0. The number of carbonyl (C=O) groups excluding carboxylic acids is 2. The molecule has 0 aliphatic rings. The molecule has 0 unspecified atom stereocenters. The van der Waals surface area contributed by atoms with E-state index >= 15 is 0 Å². The van der Waals surface area contributed by atoms with Crippen LogP contribution in [0, 0.1) is 13.8 Å². The number of anilines is 4. The number of nitrogens with zero attached hydrogens (tertiary/aromatic N) is 1. The molecule has 0 saturated carbocycles. The fraction of sp³-hybridized carbons (Fsp3) is 0.190. The van der Waals surface area contributed by atoms with Crippen LogP contribution in [0.1, 0.15) is 34.0 Å². The van der Waals surface area contributed by atoms with E-state index in [0.717, 1.165) is 16.7 Å². The lowest BCUT2D eigenvalue weighted by Crippen LogP contribution is -2.15. The molecule has 0 bridgehead atoms. The zero-order chi connectivity index (χ0) is 21.8. The van der Waals surface area contributed by atoms with Gasteiger partial charge in [0.25, 0.3) is 5.91 Å². The fourth-order valence-corrected chi connectivity index (χ4v) is 3.16. The molecule has 0 saturated heterocycles. The van der Waals surface area contributed by atoms with Crippen molar-refractivity contribution in [3.05, 3.63) is 58.7 Å². The molecule has 0 aliphatic heterocycles. The highest BCUT2D eigenvalue weighted by atomic mass is 16.3. The topological polar surface area (TPSA) is 145 Å². The molecule has 0 spiro atoms. The molecule has 0 radical (unpaired) electrons. The van der Waals surface area contributed by atoms with E-state index in [1.165, 1.54) is 6.92 Å². The van der Waals surface area contributed by atoms with Crippen LogP contribution >= 0.6 is 0 Å². The third-order valence-corrected chi connectivity index (χ3v) is 4.48. The number of amides is 2. The average molecular weight is 408 g/mol. The van der Waals surface area contributed by atoms with Crippen LogP contribution in [0.5, 0.6) is 5.75 Å². The number of nitrogens with one attached hydrogen (secondary N) is 4. The molecule has 7 N–H and O–H groups in total. The Bertz CT molecular complexity index is 1080. The minimum absolute atomic E-state index is 0.183. The number of benzene rings is 2. The van der Waals surface area contributed by atoms with Crippen LogP contribution in [0.4, 0.5) is 23.0 Å². The van der Waals surface area contributed by atoms with Crippen LogP contribution in [-0.4, -0.2) is 27.1 Å². The van der Waals surface area contributed by atoms with Crippen molar-refractivity contribution in [2.75, 3.05) is 16.0 Å². The monoisotopic (exact) mass is 408 g/mol. The Labute approximate surface area is 173 Å². The number of aromatic hydroxyl groups is 1. The molecule has 2 amide bonds. The minimum Gasteiger partial charge on any atom is -0.507 e. The first-order valence-electron chi connectivity index (χ1n) is 9.30. The fourth-order valence-electron chi connectivity index (χ4n) is 3.16. The number of H-pyrrole nitrogens is 1. The molecule has 1 heterocycles. The lowest BCUT2D eigenvalue weighted by molar-refractivity contribution is -0.114. The summed E-state index contributed by atoms with van der Waals surface area (Å²) < 4.78 is 0. The number of aromatic amines is 1. The number of rotatable bonds is 7. The molecule has 2 aromatic carbocycles. The minimum atomic E-state index is -0.648. The quantitative estimate of drug-likeness (QED) is 0.354. The van der Waals surface area contributed by atoms with Gasteiger partial charge in [0.15, 0.2) is 5.82 Å². The van der Waals surface area contributed by atoms with E-state index in [0.29, 0.717) is 29.6 Å². The second-order valence-electron chi connectivity index (χ2n) is 7.01. The number of aromatic nitrogens is 2. The Morgan fingerprint density at radius 2 is 1.80 bits per heavy atom. The van der Waals surface area contributed by atoms with Crippen LogP contribution in [-0.2, 0) is 11.3 Å². The summed E-state index contributed by atoms with van der Waals surface area (Å²) in [5.74, 6) is 0.0845. The van der Waals surface area contributed by atoms with Crippen LogP contribution in [0.2, 0.25) is 0 Å². The van der Waals surface area contributed by atoms with Gasteiger partial charge in [0.05, 0.1) is 0 Å². The van der Waals surface area contributed by atoms with E-state index in [2.05, 4.69) is 26.1 Å². The van der Waals surface area contributed by atoms with E-state index in [9.17, 15) is 14.7 Å². The van der Waals surface area contributed by atoms with Gasteiger partial charge in [0.2, 0.25) is 5.91 Å². The van der Waals surface area contributed by atoms with Crippen LogP contribution < -0.4 is 21.7 Å². The van der Waals surface area contributed by atoms with Crippen molar-refractivity contribution in [1.29, 1.82) is 0 Å². The molecule has 9 heteroatoms. The molecular formula is C21H24N6O3. The zero-order valence-corrected chi connectivity index (χ0v) is 17.0. The third kappa shape index (κ3) is 4.69. The predicted octanol–water partition coefficient (Wildman–Crippen LogP) is 3.15. The SMILES string of the molecule is CC(=O)Nc1cccc(Nc2[nH]nc(NCc3cc(C)c(O)c(C)c3)c2C(N)=O)c1. The number of carbonyl (C=O) groups is 2. The summed E-state index contributed by atoms with van der Waals surface area (Å²) in [5.41, 5.74) is 9.49. The second-order valence-corrected chi connectivity index (χ2v) is 7.01. The zero-order valence-electron chi connectivity index (χ0n) is 17.0. The normalized spacial score (nSPS) is 10.5. The molecule has 0 fully saturated rings. The van der Waals surface area contributed by atoms with Crippen molar-refractivity contribution in [2.24, 2.45) is 5.73 Å². The van der Waals surface area contributed by atoms with Gasteiger partial charge in [0.1, 0.15) is 17.1 Å². The number of phenols is 1. The van der Waals surface area contributed by atoms with Gasteiger partial charge in [-0.1, -0.05) is 18.2 Å². The van der Waals surface area contributed by atoms with Gasteiger partial charge in [0, 0.05) is 24.8 Å². The Hall–Kier alpha value is -4.01. The van der Waals surface area contributed by atoms with Gasteiger partial charge >= 0.3 is 0 Å². The molecule has 0 aliphatic carbocycles. The molecule has 3 rings (SSSR count). The van der Waals surface area contributed by atoms with Crippen molar-refractivity contribution >= 4 is 34.8 Å². The molecule has 156 valence electrons. The first-order chi connectivity index (χ1) is 14.2. The van der Waals surface area contributed by atoms with Crippen molar-refractivity contribution in [3.63, 3.8) is 0 Å². The standard InChI is InChI=1S/C21H24N6O3/c1-11-7-14(8-12(2)18(11)29)10-23-20-17(19(22)30)21(27-26-20)25-16-6-4-5-15(9-16)24-13(3)28/h4-9,29H,10H2,1-3H3,(H2,22,30)(H,24,28)(H3,23,25,26,27). The third-order valence-electron chi connectivity index (χ3n) is 4.48. The molecule has 3 aromatic rings. The summed E-state index contributed by atoms with van der Waals surface area (Å²) in [6.07, 6.45) is 0. The van der Waals surface area contributed by atoms with Gasteiger partial charge in [-0.15, -0.1) is 0 Å². The maximum Gasteiger partial charge on any atom is 0.256 e. The summed E-state index contributed by atoms with van der Waals surface area (Å²) in [5, 5.41) is 25.7. The van der Waals surface area contributed by atoms with Gasteiger partial charge in [-0.05, 0) is 48.7 Å². The molecule has 0 atom stereocenters.